The average Bonchev–Trinajstić information content (AvgIpc) is 2.34. The second kappa shape index (κ2) is 7.46. The molecular weight excluding hydrogens is 224 g/mol. The summed E-state index contributed by atoms with van der Waals surface area (Å²) in [5.41, 5.74) is 6.15. The molecule has 0 amide bonds. The Morgan fingerprint density at radius 3 is 2.44 bits per heavy atom. The van der Waals surface area contributed by atoms with E-state index in [9.17, 15) is 0 Å². The van der Waals surface area contributed by atoms with Gasteiger partial charge in [0.25, 0.3) is 0 Å². The summed E-state index contributed by atoms with van der Waals surface area (Å²) in [6.07, 6.45) is 10.2. The SMILES string of the molecule is CCCCOCCCN1C2CCCC1CC(N)C2. The molecule has 0 aromatic rings. The zero-order valence-electron chi connectivity index (χ0n) is 11.9. The molecule has 2 aliphatic rings. The van der Waals surface area contributed by atoms with Gasteiger partial charge in [-0.3, -0.25) is 4.90 Å². The lowest BCUT2D eigenvalue weighted by Gasteiger charge is -2.48. The van der Waals surface area contributed by atoms with Crippen molar-refractivity contribution in [2.45, 2.75) is 76.4 Å². The van der Waals surface area contributed by atoms with Gasteiger partial charge < -0.3 is 10.5 Å². The van der Waals surface area contributed by atoms with E-state index in [1.54, 1.807) is 0 Å². The normalized spacial score (nSPS) is 32.7. The zero-order chi connectivity index (χ0) is 12.8. The molecule has 0 spiro atoms. The molecule has 3 nitrogen and oxygen atoms in total. The Balaban J connectivity index is 1.65. The van der Waals surface area contributed by atoms with Crippen molar-refractivity contribution in [2.24, 2.45) is 5.73 Å². The van der Waals surface area contributed by atoms with Gasteiger partial charge in [0.15, 0.2) is 0 Å². The molecule has 2 unspecified atom stereocenters. The third kappa shape index (κ3) is 3.94. The molecule has 2 N–H and O–H groups in total. The summed E-state index contributed by atoms with van der Waals surface area (Å²) in [4.78, 5) is 2.73. The van der Waals surface area contributed by atoms with Crippen LogP contribution in [0.1, 0.15) is 58.3 Å². The molecule has 2 fully saturated rings. The topological polar surface area (TPSA) is 38.5 Å². The number of ether oxygens (including phenoxy) is 1. The Bertz CT molecular complexity index is 221. The zero-order valence-corrected chi connectivity index (χ0v) is 11.9. The van der Waals surface area contributed by atoms with Gasteiger partial charge in [-0.25, -0.2) is 0 Å². The van der Waals surface area contributed by atoms with E-state index in [0.29, 0.717) is 6.04 Å². The Morgan fingerprint density at radius 2 is 1.78 bits per heavy atom. The second-order valence-corrected chi connectivity index (χ2v) is 6.03. The fourth-order valence-corrected chi connectivity index (χ4v) is 3.58. The van der Waals surface area contributed by atoms with Crippen molar-refractivity contribution in [1.82, 2.24) is 4.90 Å². The maximum Gasteiger partial charge on any atom is 0.0478 e. The number of hydrogen-bond acceptors (Lipinski definition) is 3. The highest BCUT2D eigenvalue weighted by molar-refractivity contribution is 4.93. The van der Waals surface area contributed by atoms with Crippen LogP contribution < -0.4 is 5.73 Å². The lowest BCUT2D eigenvalue weighted by atomic mass is 9.82. The number of nitrogens with zero attached hydrogens (tertiary/aromatic N) is 1. The van der Waals surface area contributed by atoms with Crippen LogP contribution in [-0.2, 0) is 4.74 Å². The van der Waals surface area contributed by atoms with E-state index in [0.717, 1.165) is 25.3 Å². The van der Waals surface area contributed by atoms with Gasteiger partial charge in [-0.15, -0.1) is 0 Å². The highest BCUT2D eigenvalue weighted by Crippen LogP contribution is 2.33. The van der Waals surface area contributed by atoms with Gasteiger partial charge >= 0.3 is 0 Å². The van der Waals surface area contributed by atoms with Gasteiger partial charge in [-0.2, -0.15) is 0 Å². The highest BCUT2D eigenvalue weighted by Gasteiger charge is 2.36. The predicted molar refractivity (Wildman–Crippen MR) is 75.7 cm³/mol. The number of fused-ring (bicyclic) bond motifs is 2. The lowest BCUT2D eigenvalue weighted by molar-refractivity contribution is 0.0217. The van der Waals surface area contributed by atoms with E-state index in [1.165, 1.54) is 57.9 Å². The quantitative estimate of drug-likeness (QED) is 0.710. The minimum atomic E-state index is 0.456. The van der Waals surface area contributed by atoms with Crippen LogP contribution in [0.3, 0.4) is 0 Å². The van der Waals surface area contributed by atoms with Crippen LogP contribution in [0.4, 0.5) is 0 Å². The highest BCUT2D eigenvalue weighted by atomic mass is 16.5. The van der Waals surface area contributed by atoms with Gasteiger partial charge in [0.05, 0.1) is 0 Å². The summed E-state index contributed by atoms with van der Waals surface area (Å²) in [5, 5.41) is 0. The Labute approximate surface area is 112 Å². The molecule has 2 atom stereocenters. The molecule has 0 aromatic carbocycles. The Kier molecular flexibility index (Phi) is 5.93. The summed E-state index contributed by atoms with van der Waals surface area (Å²) < 4.78 is 5.66. The molecule has 2 saturated heterocycles. The first-order valence-corrected chi connectivity index (χ1v) is 7.90. The van der Waals surface area contributed by atoms with E-state index in [1.807, 2.05) is 0 Å². The van der Waals surface area contributed by atoms with Crippen LogP contribution in [-0.4, -0.2) is 42.8 Å². The number of piperidine rings is 2. The fraction of sp³-hybridized carbons (Fsp3) is 1.00. The molecule has 2 heterocycles. The molecular formula is C15H30N2O. The Hall–Kier alpha value is -0.120. The molecule has 3 heteroatoms. The molecule has 0 radical (unpaired) electrons. The van der Waals surface area contributed by atoms with Crippen molar-refractivity contribution >= 4 is 0 Å². The van der Waals surface area contributed by atoms with Crippen molar-refractivity contribution in [3.05, 3.63) is 0 Å². The minimum Gasteiger partial charge on any atom is -0.381 e. The van der Waals surface area contributed by atoms with Crippen molar-refractivity contribution < 1.29 is 4.74 Å². The molecule has 0 aliphatic carbocycles. The molecule has 0 saturated carbocycles. The average molecular weight is 254 g/mol. The van der Waals surface area contributed by atoms with E-state index >= 15 is 0 Å². The standard InChI is InChI=1S/C15H30N2O/c1-2-3-9-18-10-5-8-17-14-6-4-7-15(17)12-13(16)11-14/h13-15H,2-12,16H2,1H3. The van der Waals surface area contributed by atoms with Gasteiger partial charge in [0.1, 0.15) is 0 Å². The lowest BCUT2D eigenvalue weighted by Crippen LogP contribution is -2.55. The van der Waals surface area contributed by atoms with Crippen molar-refractivity contribution in [3.8, 4) is 0 Å². The molecule has 2 aliphatic heterocycles. The molecule has 2 bridgehead atoms. The fourth-order valence-electron chi connectivity index (χ4n) is 3.58. The first-order valence-electron chi connectivity index (χ1n) is 7.90. The summed E-state index contributed by atoms with van der Waals surface area (Å²) in [7, 11) is 0. The summed E-state index contributed by atoms with van der Waals surface area (Å²) in [5.74, 6) is 0. The summed E-state index contributed by atoms with van der Waals surface area (Å²) in [6, 6.07) is 1.99. The number of unbranched alkanes of at least 4 members (excludes halogenated alkanes) is 1. The largest absolute Gasteiger partial charge is 0.381 e. The molecule has 2 rings (SSSR count). The minimum absolute atomic E-state index is 0.456. The van der Waals surface area contributed by atoms with Gasteiger partial charge in [-0.05, 0) is 38.5 Å². The first-order chi connectivity index (χ1) is 8.81. The van der Waals surface area contributed by atoms with Gasteiger partial charge in [-0.1, -0.05) is 19.8 Å². The third-order valence-electron chi connectivity index (χ3n) is 4.51. The Morgan fingerprint density at radius 1 is 1.11 bits per heavy atom. The number of rotatable bonds is 7. The van der Waals surface area contributed by atoms with Crippen LogP contribution >= 0.6 is 0 Å². The van der Waals surface area contributed by atoms with Crippen LogP contribution in [0.25, 0.3) is 0 Å². The third-order valence-corrected chi connectivity index (χ3v) is 4.51. The smallest absolute Gasteiger partial charge is 0.0478 e. The van der Waals surface area contributed by atoms with Crippen molar-refractivity contribution in [2.75, 3.05) is 19.8 Å². The van der Waals surface area contributed by atoms with E-state index in [2.05, 4.69) is 11.8 Å². The van der Waals surface area contributed by atoms with E-state index < -0.39 is 0 Å². The van der Waals surface area contributed by atoms with Gasteiger partial charge in [0, 0.05) is 37.9 Å². The van der Waals surface area contributed by atoms with Gasteiger partial charge in [0.2, 0.25) is 0 Å². The second-order valence-electron chi connectivity index (χ2n) is 6.03. The van der Waals surface area contributed by atoms with Crippen LogP contribution in [0.15, 0.2) is 0 Å². The van der Waals surface area contributed by atoms with E-state index in [4.69, 9.17) is 10.5 Å². The number of nitrogens with two attached hydrogens (primary N) is 1. The van der Waals surface area contributed by atoms with Crippen LogP contribution in [0.2, 0.25) is 0 Å². The van der Waals surface area contributed by atoms with E-state index in [-0.39, 0.29) is 0 Å². The predicted octanol–water partition coefficient (Wildman–Crippen LogP) is 2.54. The van der Waals surface area contributed by atoms with Crippen LogP contribution in [0, 0.1) is 0 Å². The molecule has 18 heavy (non-hydrogen) atoms. The molecule has 106 valence electrons. The van der Waals surface area contributed by atoms with Crippen molar-refractivity contribution in [1.29, 1.82) is 0 Å². The maximum absolute atomic E-state index is 6.15. The first kappa shape index (κ1) is 14.3. The maximum atomic E-state index is 6.15. The molecule has 0 aromatic heterocycles. The van der Waals surface area contributed by atoms with Crippen LogP contribution in [0.5, 0.6) is 0 Å². The van der Waals surface area contributed by atoms with Crippen molar-refractivity contribution in [3.63, 3.8) is 0 Å². The summed E-state index contributed by atoms with van der Waals surface area (Å²) in [6.45, 7) is 5.30. The number of hydrogen-bond donors (Lipinski definition) is 1. The monoisotopic (exact) mass is 254 g/mol. The summed E-state index contributed by atoms with van der Waals surface area (Å²) >= 11 is 0.